The van der Waals surface area contributed by atoms with Crippen molar-refractivity contribution in [2.75, 3.05) is 32.1 Å². The smallest absolute Gasteiger partial charge is 0.227 e. The maximum absolute atomic E-state index is 13.1. The van der Waals surface area contributed by atoms with E-state index in [2.05, 4.69) is 10.1 Å². The third kappa shape index (κ3) is 4.63. The molecular weight excluding hydrogens is 426 g/mol. The maximum Gasteiger partial charge on any atom is 0.227 e. The number of aromatic nitrogens is 3. The van der Waals surface area contributed by atoms with Crippen LogP contribution in [0.15, 0.2) is 35.0 Å². The predicted octanol–water partition coefficient (Wildman–Crippen LogP) is 4.42. The number of carbonyl (C=O) groups is 1. The van der Waals surface area contributed by atoms with Crippen molar-refractivity contribution in [1.29, 1.82) is 0 Å². The van der Waals surface area contributed by atoms with Gasteiger partial charge in [0.25, 0.3) is 0 Å². The minimum atomic E-state index is 0.0963. The molecule has 1 amide bonds. The second kappa shape index (κ2) is 9.28. The number of benzene rings is 1. The van der Waals surface area contributed by atoms with Crippen LogP contribution in [0.2, 0.25) is 5.02 Å². The molecule has 0 radical (unpaired) electrons. The van der Waals surface area contributed by atoms with Crippen molar-refractivity contribution in [3.63, 3.8) is 0 Å². The number of halogens is 1. The van der Waals surface area contributed by atoms with E-state index in [0.717, 1.165) is 47.5 Å². The first-order valence-electron chi connectivity index (χ1n) is 10.8. The molecule has 1 atom stereocenters. The van der Waals surface area contributed by atoms with E-state index in [1.807, 2.05) is 68.2 Å². The number of rotatable bonds is 5. The van der Waals surface area contributed by atoms with Crippen molar-refractivity contribution in [3.8, 4) is 11.1 Å². The van der Waals surface area contributed by atoms with E-state index in [9.17, 15) is 4.79 Å². The SMILES string of the molecule is Cc1noc(C)c1CC(=O)N1CCC[C@@H](c2nc(N(C)C)ncc2-c2ccc(Cl)cc2)C1. The van der Waals surface area contributed by atoms with Crippen molar-refractivity contribution >= 4 is 23.5 Å². The number of piperidine rings is 1. The van der Waals surface area contributed by atoms with Crippen LogP contribution in [0.4, 0.5) is 5.95 Å². The van der Waals surface area contributed by atoms with E-state index in [0.29, 0.717) is 29.7 Å². The summed E-state index contributed by atoms with van der Waals surface area (Å²) in [4.78, 5) is 26.4. The number of hydrogen-bond acceptors (Lipinski definition) is 6. The number of nitrogens with zero attached hydrogens (tertiary/aromatic N) is 5. The molecule has 0 bridgehead atoms. The predicted molar refractivity (Wildman–Crippen MR) is 125 cm³/mol. The Balaban J connectivity index is 1.62. The van der Waals surface area contributed by atoms with Gasteiger partial charge in [-0.2, -0.15) is 0 Å². The molecule has 1 aromatic carbocycles. The van der Waals surface area contributed by atoms with Crippen LogP contribution < -0.4 is 4.90 Å². The lowest BCUT2D eigenvalue weighted by molar-refractivity contribution is -0.131. The first-order chi connectivity index (χ1) is 15.3. The largest absolute Gasteiger partial charge is 0.361 e. The summed E-state index contributed by atoms with van der Waals surface area (Å²) in [6.45, 7) is 5.11. The van der Waals surface area contributed by atoms with Crippen LogP contribution in [0.5, 0.6) is 0 Å². The number of amides is 1. The van der Waals surface area contributed by atoms with Crippen molar-refractivity contribution in [3.05, 3.63) is 58.2 Å². The Kier molecular flexibility index (Phi) is 6.46. The van der Waals surface area contributed by atoms with Gasteiger partial charge in [-0.25, -0.2) is 9.97 Å². The highest BCUT2D eigenvalue weighted by Gasteiger charge is 2.29. The molecule has 168 valence electrons. The van der Waals surface area contributed by atoms with Gasteiger partial charge in [-0.1, -0.05) is 28.9 Å². The van der Waals surface area contributed by atoms with Crippen LogP contribution >= 0.6 is 11.6 Å². The Morgan fingerprint density at radius 1 is 1.25 bits per heavy atom. The normalized spacial score (nSPS) is 16.3. The summed E-state index contributed by atoms with van der Waals surface area (Å²) in [6, 6.07) is 7.73. The summed E-state index contributed by atoms with van der Waals surface area (Å²) in [7, 11) is 3.86. The second-order valence-electron chi connectivity index (χ2n) is 8.53. The fourth-order valence-electron chi connectivity index (χ4n) is 4.21. The summed E-state index contributed by atoms with van der Waals surface area (Å²) in [5, 5.41) is 4.67. The fourth-order valence-corrected chi connectivity index (χ4v) is 4.33. The number of carbonyl (C=O) groups excluding carboxylic acids is 1. The topological polar surface area (TPSA) is 75.4 Å². The number of hydrogen-bond donors (Lipinski definition) is 0. The molecular formula is C24H28ClN5O2. The van der Waals surface area contributed by atoms with Crippen LogP contribution in [0, 0.1) is 13.8 Å². The van der Waals surface area contributed by atoms with Crippen LogP contribution in [0.25, 0.3) is 11.1 Å². The second-order valence-corrected chi connectivity index (χ2v) is 8.97. The van der Waals surface area contributed by atoms with E-state index in [1.54, 1.807) is 0 Å². The Bertz CT molecular complexity index is 1090. The Morgan fingerprint density at radius 3 is 2.66 bits per heavy atom. The van der Waals surface area contributed by atoms with Gasteiger partial charge in [0.2, 0.25) is 11.9 Å². The minimum absolute atomic E-state index is 0.0963. The standard InChI is InChI=1S/C24H28ClN5O2/c1-15-20(16(2)32-28-15)12-22(31)30-11-5-6-18(14-30)23-21(13-26-24(27-23)29(3)4)17-7-9-19(25)10-8-17/h7-10,13,18H,5-6,11-12,14H2,1-4H3/t18-/m1/s1. The first kappa shape index (κ1) is 22.3. The summed E-state index contributed by atoms with van der Waals surface area (Å²) < 4.78 is 5.23. The van der Waals surface area contributed by atoms with Gasteiger partial charge in [0.05, 0.1) is 17.8 Å². The molecule has 1 aliphatic heterocycles. The maximum atomic E-state index is 13.1. The zero-order chi connectivity index (χ0) is 22.8. The molecule has 3 aromatic rings. The lowest BCUT2D eigenvalue weighted by Gasteiger charge is -2.33. The van der Waals surface area contributed by atoms with E-state index in [1.165, 1.54) is 0 Å². The van der Waals surface area contributed by atoms with Crippen LogP contribution in [-0.4, -0.2) is 53.1 Å². The molecule has 32 heavy (non-hydrogen) atoms. The molecule has 0 N–H and O–H groups in total. The molecule has 0 unspecified atom stereocenters. The van der Waals surface area contributed by atoms with Gasteiger partial charge in [-0.15, -0.1) is 0 Å². The zero-order valence-corrected chi connectivity index (χ0v) is 19.7. The Morgan fingerprint density at radius 2 is 2.00 bits per heavy atom. The van der Waals surface area contributed by atoms with Gasteiger partial charge in [-0.3, -0.25) is 4.79 Å². The molecule has 1 aliphatic rings. The van der Waals surface area contributed by atoms with E-state index in [-0.39, 0.29) is 11.8 Å². The van der Waals surface area contributed by atoms with Gasteiger partial charge in [-0.05, 0) is 44.4 Å². The summed E-state index contributed by atoms with van der Waals surface area (Å²) in [5.41, 5.74) is 4.64. The van der Waals surface area contributed by atoms with Gasteiger partial charge in [0.1, 0.15) is 5.76 Å². The molecule has 0 aliphatic carbocycles. The highest BCUT2D eigenvalue weighted by Crippen LogP contribution is 2.34. The molecule has 7 nitrogen and oxygen atoms in total. The van der Waals surface area contributed by atoms with E-state index in [4.69, 9.17) is 21.1 Å². The molecule has 0 saturated carbocycles. The zero-order valence-electron chi connectivity index (χ0n) is 18.9. The first-order valence-corrected chi connectivity index (χ1v) is 11.2. The quantitative estimate of drug-likeness (QED) is 0.569. The molecule has 8 heteroatoms. The monoisotopic (exact) mass is 453 g/mol. The van der Waals surface area contributed by atoms with Crippen LogP contribution in [0.1, 0.15) is 41.5 Å². The van der Waals surface area contributed by atoms with E-state index < -0.39 is 0 Å². The average Bonchev–Trinajstić information content (AvgIpc) is 3.11. The average molecular weight is 454 g/mol. The molecule has 2 aromatic heterocycles. The van der Waals surface area contributed by atoms with Crippen LogP contribution in [-0.2, 0) is 11.2 Å². The lowest BCUT2D eigenvalue weighted by atomic mass is 9.89. The third-order valence-electron chi connectivity index (χ3n) is 6.03. The molecule has 0 spiro atoms. The summed E-state index contributed by atoms with van der Waals surface area (Å²) >= 11 is 6.10. The Labute approximate surface area is 193 Å². The fraction of sp³-hybridized carbons (Fsp3) is 0.417. The molecule has 3 heterocycles. The minimum Gasteiger partial charge on any atom is -0.361 e. The summed E-state index contributed by atoms with van der Waals surface area (Å²) in [5.74, 6) is 1.60. The van der Waals surface area contributed by atoms with Crippen molar-refractivity contribution in [1.82, 2.24) is 20.0 Å². The number of likely N-dealkylation sites (tertiary alicyclic amines) is 1. The van der Waals surface area contributed by atoms with Crippen molar-refractivity contribution in [2.45, 2.75) is 39.0 Å². The van der Waals surface area contributed by atoms with Crippen LogP contribution in [0.3, 0.4) is 0 Å². The van der Waals surface area contributed by atoms with Gasteiger partial charge >= 0.3 is 0 Å². The van der Waals surface area contributed by atoms with Crippen molar-refractivity contribution < 1.29 is 9.32 Å². The number of anilines is 1. The highest BCUT2D eigenvalue weighted by molar-refractivity contribution is 6.30. The lowest BCUT2D eigenvalue weighted by Crippen LogP contribution is -2.40. The molecule has 1 saturated heterocycles. The van der Waals surface area contributed by atoms with Gasteiger partial charge in [0, 0.05) is 55.4 Å². The van der Waals surface area contributed by atoms with Crippen molar-refractivity contribution in [2.24, 2.45) is 0 Å². The van der Waals surface area contributed by atoms with E-state index >= 15 is 0 Å². The third-order valence-corrected chi connectivity index (χ3v) is 6.28. The summed E-state index contributed by atoms with van der Waals surface area (Å²) in [6.07, 6.45) is 4.09. The highest BCUT2D eigenvalue weighted by atomic mass is 35.5. The molecule has 1 fully saturated rings. The van der Waals surface area contributed by atoms with Gasteiger partial charge in [0.15, 0.2) is 0 Å². The number of aryl methyl sites for hydroxylation is 2. The van der Waals surface area contributed by atoms with Gasteiger partial charge < -0.3 is 14.3 Å². The molecule has 4 rings (SSSR count). The Hall–Kier alpha value is -2.93.